The van der Waals surface area contributed by atoms with E-state index in [-0.39, 0.29) is 10.6 Å². The summed E-state index contributed by atoms with van der Waals surface area (Å²) in [5, 5.41) is 13.9. The lowest BCUT2D eigenvalue weighted by Gasteiger charge is -2.03. The second-order valence-electron chi connectivity index (χ2n) is 4.27. The fourth-order valence-electron chi connectivity index (χ4n) is 1.95. The average molecular weight is 260 g/mol. The normalized spacial score (nSPS) is 10.6. The van der Waals surface area contributed by atoms with E-state index in [0.29, 0.717) is 13.0 Å². The molecule has 0 amide bonds. The van der Waals surface area contributed by atoms with Crippen molar-refractivity contribution in [2.24, 2.45) is 0 Å². The van der Waals surface area contributed by atoms with Crippen LogP contribution in [-0.2, 0) is 19.5 Å². The Morgan fingerprint density at radius 2 is 2.21 bits per heavy atom. The number of nitrogens with zero attached hydrogens (tertiary/aromatic N) is 3. The highest BCUT2D eigenvalue weighted by molar-refractivity contribution is 5.39. The molecular weight excluding hydrogens is 244 g/mol. The number of hydrogen-bond acceptors (Lipinski definition) is 4. The predicted molar refractivity (Wildman–Crippen MR) is 71.8 cm³/mol. The molecule has 6 heteroatoms. The van der Waals surface area contributed by atoms with Gasteiger partial charge in [0, 0.05) is 30.9 Å². The SMILES string of the molecule is CNCc1cn(CCc2ccccc2[N+](=O)[O-])cn1. The van der Waals surface area contributed by atoms with Crippen LogP contribution >= 0.6 is 0 Å². The van der Waals surface area contributed by atoms with Gasteiger partial charge in [0.25, 0.3) is 5.69 Å². The van der Waals surface area contributed by atoms with E-state index in [1.54, 1.807) is 18.5 Å². The second kappa shape index (κ2) is 6.10. The number of para-hydroxylation sites is 1. The monoisotopic (exact) mass is 260 g/mol. The van der Waals surface area contributed by atoms with Gasteiger partial charge in [-0.2, -0.15) is 0 Å². The smallest absolute Gasteiger partial charge is 0.272 e. The van der Waals surface area contributed by atoms with E-state index in [9.17, 15) is 10.1 Å². The van der Waals surface area contributed by atoms with Crippen LogP contribution in [0.3, 0.4) is 0 Å². The summed E-state index contributed by atoms with van der Waals surface area (Å²) in [7, 11) is 1.87. The Hall–Kier alpha value is -2.21. The Labute approximate surface area is 111 Å². The molecule has 0 saturated heterocycles. The van der Waals surface area contributed by atoms with Crippen molar-refractivity contribution in [1.82, 2.24) is 14.9 Å². The zero-order valence-corrected chi connectivity index (χ0v) is 10.7. The highest BCUT2D eigenvalue weighted by Gasteiger charge is 2.11. The summed E-state index contributed by atoms with van der Waals surface area (Å²) in [6.45, 7) is 1.40. The third kappa shape index (κ3) is 3.38. The van der Waals surface area contributed by atoms with Crippen molar-refractivity contribution in [3.63, 3.8) is 0 Å². The van der Waals surface area contributed by atoms with Gasteiger partial charge in [0.15, 0.2) is 0 Å². The number of imidazole rings is 1. The summed E-state index contributed by atoms with van der Waals surface area (Å²) in [4.78, 5) is 14.8. The van der Waals surface area contributed by atoms with E-state index in [1.807, 2.05) is 23.9 Å². The van der Waals surface area contributed by atoms with Crippen molar-refractivity contribution in [1.29, 1.82) is 0 Å². The maximum atomic E-state index is 10.9. The van der Waals surface area contributed by atoms with Gasteiger partial charge in [0.1, 0.15) is 0 Å². The van der Waals surface area contributed by atoms with Gasteiger partial charge in [-0.25, -0.2) is 4.98 Å². The van der Waals surface area contributed by atoms with Crippen molar-refractivity contribution in [2.75, 3.05) is 7.05 Å². The fraction of sp³-hybridized carbons (Fsp3) is 0.308. The molecule has 6 nitrogen and oxygen atoms in total. The Bertz CT molecular complexity index is 565. The summed E-state index contributed by atoms with van der Waals surface area (Å²) >= 11 is 0. The molecule has 0 aliphatic heterocycles. The molecule has 0 aliphatic carbocycles. The van der Waals surface area contributed by atoms with Crippen LogP contribution in [0.5, 0.6) is 0 Å². The summed E-state index contributed by atoms with van der Waals surface area (Å²) in [6, 6.07) is 6.84. The Kier molecular flexibility index (Phi) is 4.25. The quantitative estimate of drug-likeness (QED) is 0.634. The maximum absolute atomic E-state index is 10.9. The van der Waals surface area contributed by atoms with Crippen molar-refractivity contribution in [2.45, 2.75) is 19.5 Å². The molecule has 100 valence electrons. The highest BCUT2D eigenvalue weighted by atomic mass is 16.6. The van der Waals surface area contributed by atoms with Crippen LogP contribution in [-0.4, -0.2) is 21.5 Å². The van der Waals surface area contributed by atoms with Crippen molar-refractivity contribution >= 4 is 5.69 Å². The van der Waals surface area contributed by atoms with Crippen molar-refractivity contribution < 1.29 is 4.92 Å². The van der Waals surface area contributed by atoms with E-state index < -0.39 is 0 Å². The van der Waals surface area contributed by atoms with Crippen LogP contribution < -0.4 is 5.32 Å². The molecule has 0 fully saturated rings. The third-order valence-electron chi connectivity index (χ3n) is 2.87. The van der Waals surface area contributed by atoms with Gasteiger partial charge in [-0.15, -0.1) is 0 Å². The van der Waals surface area contributed by atoms with Crippen molar-refractivity contribution in [3.05, 3.63) is 58.2 Å². The molecule has 2 aromatic rings. The molecule has 1 N–H and O–H groups in total. The Morgan fingerprint density at radius 1 is 1.42 bits per heavy atom. The first kappa shape index (κ1) is 13.2. The topological polar surface area (TPSA) is 73.0 Å². The minimum absolute atomic E-state index is 0.179. The maximum Gasteiger partial charge on any atom is 0.272 e. The zero-order valence-electron chi connectivity index (χ0n) is 10.7. The van der Waals surface area contributed by atoms with Crippen LogP contribution in [0.4, 0.5) is 5.69 Å². The molecule has 0 atom stereocenters. The fourth-order valence-corrected chi connectivity index (χ4v) is 1.95. The van der Waals surface area contributed by atoms with Gasteiger partial charge in [0.05, 0.1) is 16.9 Å². The standard InChI is InChI=1S/C13H16N4O2/c1-14-8-12-9-16(10-15-12)7-6-11-4-2-3-5-13(11)17(18)19/h2-5,9-10,14H,6-8H2,1H3. The molecule has 2 rings (SSSR count). The van der Waals surface area contributed by atoms with Crippen LogP contribution in [0.15, 0.2) is 36.8 Å². The predicted octanol–water partition coefficient (Wildman–Crippen LogP) is 1.75. The molecular formula is C13H16N4O2. The average Bonchev–Trinajstić information content (AvgIpc) is 2.85. The molecule has 0 radical (unpaired) electrons. The number of rotatable bonds is 6. The largest absolute Gasteiger partial charge is 0.337 e. The first-order chi connectivity index (χ1) is 9.20. The molecule has 1 aromatic carbocycles. The van der Waals surface area contributed by atoms with E-state index in [1.165, 1.54) is 6.07 Å². The summed E-state index contributed by atoms with van der Waals surface area (Å²) in [5.41, 5.74) is 1.89. The molecule has 1 heterocycles. The first-order valence-electron chi connectivity index (χ1n) is 6.08. The number of hydrogen-bond donors (Lipinski definition) is 1. The van der Waals surface area contributed by atoms with Crippen molar-refractivity contribution in [3.8, 4) is 0 Å². The van der Waals surface area contributed by atoms with Crippen LogP contribution in [0.1, 0.15) is 11.3 Å². The number of benzene rings is 1. The van der Waals surface area contributed by atoms with Gasteiger partial charge in [-0.3, -0.25) is 10.1 Å². The first-order valence-corrected chi connectivity index (χ1v) is 6.08. The molecule has 0 aliphatic rings. The summed E-state index contributed by atoms with van der Waals surface area (Å²) in [5.74, 6) is 0. The van der Waals surface area contributed by atoms with Gasteiger partial charge < -0.3 is 9.88 Å². The molecule has 19 heavy (non-hydrogen) atoms. The molecule has 0 spiro atoms. The second-order valence-corrected chi connectivity index (χ2v) is 4.27. The molecule has 1 aromatic heterocycles. The van der Waals surface area contributed by atoms with E-state index in [4.69, 9.17) is 0 Å². The third-order valence-corrected chi connectivity index (χ3v) is 2.87. The number of aromatic nitrogens is 2. The number of nitro groups is 1. The van der Waals surface area contributed by atoms with Gasteiger partial charge >= 0.3 is 0 Å². The summed E-state index contributed by atoms with van der Waals surface area (Å²) < 4.78 is 1.95. The lowest BCUT2D eigenvalue weighted by atomic mass is 10.1. The van der Waals surface area contributed by atoms with Gasteiger partial charge in [-0.1, -0.05) is 18.2 Å². The number of nitrogens with one attached hydrogen (secondary N) is 1. The van der Waals surface area contributed by atoms with Crippen LogP contribution in [0.2, 0.25) is 0 Å². The van der Waals surface area contributed by atoms with Gasteiger partial charge in [0.2, 0.25) is 0 Å². The number of aryl methyl sites for hydroxylation is 2. The molecule has 0 bridgehead atoms. The molecule has 0 saturated carbocycles. The minimum Gasteiger partial charge on any atom is -0.337 e. The molecule has 0 unspecified atom stereocenters. The lowest BCUT2D eigenvalue weighted by molar-refractivity contribution is -0.385. The Morgan fingerprint density at radius 3 is 2.95 bits per heavy atom. The zero-order chi connectivity index (χ0) is 13.7. The number of nitro benzene ring substituents is 1. The van der Waals surface area contributed by atoms with Crippen LogP contribution in [0, 0.1) is 10.1 Å². The Balaban J connectivity index is 2.03. The van der Waals surface area contributed by atoms with E-state index in [2.05, 4.69) is 10.3 Å². The lowest BCUT2D eigenvalue weighted by Crippen LogP contribution is -2.05. The summed E-state index contributed by atoms with van der Waals surface area (Å²) in [6.07, 6.45) is 4.32. The van der Waals surface area contributed by atoms with Gasteiger partial charge in [-0.05, 0) is 13.5 Å². The van der Waals surface area contributed by atoms with Crippen LogP contribution in [0.25, 0.3) is 0 Å². The van der Waals surface area contributed by atoms with E-state index >= 15 is 0 Å². The highest BCUT2D eigenvalue weighted by Crippen LogP contribution is 2.18. The minimum atomic E-state index is -0.338. The van der Waals surface area contributed by atoms with E-state index in [0.717, 1.165) is 17.8 Å².